The number of amides is 2. The molecule has 25 heavy (non-hydrogen) atoms. The van der Waals surface area contributed by atoms with Crippen LogP contribution in [0.5, 0.6) is 5.75 Å². The predicted molar refractivity (Wildman–Crippen MR) is 96.1 cm³/mol. The Morgan fingerprint density at radius 2 is 2.24 bits per heavy atom. The van der Waals surface area contributed by atoms with E-state index < -0.39 is 5.92 Å². The third-order valence-corrected chi connectivity index (χ3v) is 5.10. The summed E-state index contributed by atoms with van der Waals surface area (Å²) in [5.74, 6) is -0.0970. The van der Waals surface area contributed by atoms with Crippen molar-refractivity contribution in [3.8, 4) is 5.75 Å². The van der Waals surface area contributed by atoms with Crippen molar-refractivity contribution in [1.29, 1.82) is 0 Å². The molecule has 2 aromatic rings. The van der Waals surface area contributed by atoms with Crippen molar-refractivity contribution in [3.05, 3.63) is 28.8 Å². The number of hydrogen-bond acceptors (Lipinski definition) is 6. The zero-order valence-electron chi connectivity index (χ0n) is 14.4. The Morgan fingerprint density at radius 3 is 2.92 bits per heavy atom. The van der Waals surface area contributed by atoms with Gasteiger partial charge in [-0.2, -0.15) is 0 Å². The first-order valence-electron chi connectivity index (χ1n) is 8.10. The van der Waals surface area contributed by atoms with Crippen LogP contribution in [0, 0.1) is 12.8 Å². The van der Waals surface area contributed by atoms with Crippen molar-refractivity contribution in [2.45, 2.75) is 26.7 Å². The molecule has 1 atom stereocenters. The number of ether oxygens (including phenoxy) is 1. The first-order valence-corrected chi connectivity index (χ1v) is 8.91. The fourth-order valence-corrected chi connectivity index (χ4v) is 3.46. The topological polar surface area (TPSA) is 84.4 Å². The Kier molecular flexibility index (Phi) is 4.98. The summed E-state index contributed by atoms with van der Waals surface area (Å²) in [6.45, 7) is 4.26. The summed E-state index contributed by atoms with van der Waals surface area (Å²) in [6.07, 6.45) is 0.943. The van der Waals surface area contributed by atoms with Gasteiger partial charge in [0, 0.05) is 13.0 Å². The number of nitrogens with one attached hydrogen (secondary N) is 1. The molecule has 1 aromatic heterocycles. The molecule has 132 valence electrons. The van der Waals surface area contributed by atoms with Crippen LogP contribution in [0.4, 0.5) is 10.8 Å². The smallest absolute Gasteiger partial charge is 0.231 e. The predicted octanol–water partition coefficient (Wildman–Crippen LogP) is 2.41. The zero-order valence-corrected chi connectivity index (χ0v) is 15.2. The lowest BCUT2D eigenvalue weighted by Crippen LogP contribution is -2.28. The summed E-state index contributed by atoms with van der Waals surface area (Å²) in [5.41, 5.74) is 1.73. The molecule has 0 bridgehead atoms. The van der Waals surface area contributed by atoms with Crippen molar-refractivity contribution < 1.29 is 14.3 Å². The van der Waals surface area contributed by atoms with E-state index in [9.17, 15) is 9.59 Å². The van der Waals surface area contributed by atoms with Gasteiger partial charge in [0.05, 0.1) is 18.7 Å². The average molecular weight is 360 g/mol. The van der Waals surface area contributed by atoms with Crippen LogP contribution in [0.2, 0.25) is 0 Å². The van der Waals surface area contributed by atoms with Gasteiger partial charge < -0.3 is 15.0 Å². The Balaban J connectivity index is 1.74. The second-order valence-corrected chi connectivity index (χ2v) is 6.99. The monoisotopic (exact) mass is 360 g/mol. The van der Waals surface area contributed by atoms with Crippen LogP contribution in [0.1, 0.15) is 23.9 Å². The summed E-state index contributed by atoms with van der Waals surface area (Å²) in [6, 6.07) is 5.65. The summed E-state index contributed by atoms with van der Waals surface area (Å²) in [5, 5.41) is 12.0. The second kappa shape index (κ2) is 7.18. The van der Waals surface area contributed by atoms with Crippen LogP contribution in [-0.4, -0.2) is 35.7 Å². The SMILES string of the molecule is CCc1nnc(NC(=O)[C@@H]2CC(=O)N(c3cc(C)ccc3OC)C2)s1. The molecule has 2 amide bonds. The Labute approximate surface area is 150 Å². The average Bonchev–Trinajstić information content (AvgIpc) is 3.21. The fourth-order valence-electron chi connectivity index (χ4n) is 2.78. The third kappa shape index (κ3) is 3.63. The lowest BCUT2D eigenvalue weighted by molar-refractivity contribution is -0.122. The van der Waals surface area contributed by atoms with E-state index in [-0.39, 0.29) is 18.2 Å². The third-order valence-electron chi connectivity index (χ3n) is 4.12. The second-order valence-electron chi connectivity index (χ2n) is 5.92. The largest absolute Gasteiger partial charge is 0.495 e. The van der Waals surface area contributed by atoms with Crippen LogP contribution in [-0.2, 0) is 16.0 Å². The minimum Gasteiger partial charge on any atom is -0.495 e. The number of hydrogen-bond donors (Lipinski definition) is 1. The van der Waals surface area contributed by atoms with Gasteiger partial charge in [0.1, 0.15) is 10.8 Å². The molecule has 0 radical (unpaired) electrons. The van der Waals surface area contributed by atoms with Gasteiger partial charge in [0.15, 0.2) is 0 Å². The number of aromatic nitrogens is 2. The molecule has 8 heteroatoms. The van der Waals surface area contributed by atoms with Crippen molar-refractivity contribution in [2.75, 3.05) is 23.9 Å². The number of anilines is 2. The summed E-state index contributed by atoms with van der Waals surface area (Å²) < 4.78 is 5.36. The summed E-state index contributed by atoms with van der Waals surface area (Å²) in [7, 11) is 1.57. The fraction of sp³-hybridized carbons (Fsp3) is 0.412. The molecular weight excluding hydrogens is 340 g/mol. The lowest BCUT2D eigenvalue weighted by atomic mass is 10.1. The highest BCUT2D eigenvalue weighted by Gasteiger charge is 2.36. The maximum atomic E-state index is 12.5. The van der Waals surface area contributed by atoms with E-state index in [2.05, 4.69) is 15.5 Å². The molecule has 1 fully saturated rings. The van der Waals surface area contributed by atoms with Crippen LogP contribution in [0.25, 0.3) is 0 Å². The molecule has 1 aromatic carbocycles. The standard InChI is InChI=1S/C17H20N4O3S/c1-4-14-19-20-17(25-14)18-16(23)11-8-15(22)21(9-11)12-7-10(2)5-6-13(12)24-3/h5-7,11H,4,8-9H2,1-3H3,(H,18,20,23)/t11-/m1/s1. The molecule has 1 saturated heterocycles. The first-order chi connectivity index (χ1) is 12.0. The summed E-state index contributed by atoms with van der Waals surface area (Å²) in [4.78, 5) is 26.5. The van der Waals surface area contributed by atoms with E-state index in [0.717, 1.165) is 17.0 Å². The zero-order chi connectivity index (χ0) is 18.0. The molecule has 0 aliphatic carbocycles. The molecular formula is C17H20N4O3S. The summed E-state index contributed by atoms with van der Waals surface area (Å²) >= 11 is 1.35. The van der Waals surface area contributed by atoms with E-state index in [1.807, 2.05) is 32.0 Å². The van der Waals surface area contributed by atoms with E-state index in [4.69, 9.17) is 4.74 Å². The Hall–Kier alpha value is -2.48. The normalized spacial score (nSPS) is 17.0. The van der Waals surface area contributed by atoms with Gasteiger partial charge in [-0.25, -0.2) is 0 Å². The molecule has 0 saturated carbocycles. The number of benzene rings is 1. The number of carbonyl (C=O) groups is 2. The molecule has 1 aliphatic heterocycles. The minimum absolute atomic E-state index is 0.0874. The lowest BCUT2D eigenvalue weighted by Gasteiger charge is -2.20. The van der Waals surface area contributed by atoms with Crippen molar-refractivity contribution in [1.82, 2.24) is 10.2 Å². The van der Waals surface area contributed by atoms with Gasteiger partial charge in [-0.15, -0.1) is 10.2 Å². The van der Waals surface area contributed by atoms with Gasteiger partial charge >= 0.3 is 0 Å². The van der Waals surface area contributed by atoms with Crippen LogP contribution >= 0.6 is 11.3 Å². The maximum absolute atomic E-state index is 12.5. The van der Waals surface area contributed by atoms with Gasteiger partial charge in [-0.3, -0.25) is 9.59 Å². The van der Waals surface area contributed by atoms with Crippen LogP contribution in [0.15, 0.2) is 18.2 Å². The molecule has 7 nitrogen and oxygen atoms in total. The highest BCUT2D eigenvalue weighted by atomic mass is 32.1. The number of methoxy groups -OCH3 is 1. The van der Waals surface area contributed by atoms with E-state index >= 15 is 0 Å². The van der Waals surface area contributed by atoms with E-state index in [1.54, 1.807) is 12.0 Å². The Bertz CT molecular complexity index is 805. The van der Waals surface area contributed by atoms with E-state index in [0.29, 0.717) is 23.1 Å². The minimum atomic E-state index is -0.424. The van der Waals surface area contributed by atoms with Crippen LogP contribution < -0.4 is 15.0 Å². The highest BCUT2D eigenvalue weighted by Crippen LogP contribution is 2.34. The molecule has 0 spiro atoms. The van der Waals surface area contributed by atoms with E-state index in [1.165, 1.54) is 11.3 Å². The van der Waals surface area contributed by atoms with Gasteiger partial charge in [0.25, 0.3) is 0 Å². The molecule has 3 rings (SSSR count). The molecule has 1 aliphatic rings. The van der Waals surface area contributed by atoms with Gasteiger partial charge in [-0.1, -0.05) is 24.3 Å². The quantitative estimate of drug-likeness (QED) is 0.885. The molecule has 0 unspecified atom stereocenters. The first kappa shape index (κ1) is 17.3. The number of rotatable bonds is 5. The van der Waals surface area contributed by atoms with Gasteiger partial charge in [0.2, 0.25) is 16.9 Å². The van der Waals surface area contributed by atoms with Crippen molar-refractivity contribution in [2.24, 2.45) is 5.92 Å². The number of aryl methyl sites for hydroxylation is 2. The van der Waals surface area contributed by atoms with Crippen LogP contribution in [0.3, 0.4) is 0 Å². The highest BCUT2D eigenvalue weighted by molar-refractivity contribution is 7.15. The number of carbonyl (C=O) groups excluding carboxylic acids is 2. The van der Waals surface area contributed by atoms with Crippen molar-refractivity contribution in [3.63, 3.8) is 0 Å². The maximum Gasteiger partial charge on any atom is 0.231 e. The molecule has 2 heterocycles. The Morgan fingerprint density at radius 1 is 1.44 bits per heavy atom. The van der Waals surface area contributed by atoms with Crippen molar-refractivity contribution >= 4 is 34.0 Å². The molecule has 1 N–H and O–H groups in total. The van der Waals surface area contributed by atoms with Gasteiger partial charge in [-0.05, 0) is 31.0 Å². The number of nitrogens with zero attached hydrogens (tertiary/aromatic N) is 3.